The number of nitrogens with zero attached hydrogens (tertiary/aromatic N) is 7. The lowest BCUT2D eigenvalue weighted by molar-refractivity contribution is -0.384. The van der Waals surface area contributed by atoms with Crippen LogP contribution in [0.15, 0.2) is 30.5 Å². The molecule has 56 heavy (non-hydrogen) atoms. The first-order chi connectivity index (χ1) is 26.6. The van der Waals surface area contributed by atoms with E-state index in [9.17, 15) is 58.3 Å². The van der Waals surface area contributed by atoms with Gasteiger partial charge in [0.15, 0.2) is 0 Å². The summed E-state index contributed by atoms with van der Waals surface area (Å²) in [6.45, 7) is 3.10. The molecule has 0 spiro atoms. The van der Waals surface area contributed by atoms with Crippen molar-refractivity contribution in [2.45, 2.75) is 116 Å². The van der Waals surface area contributed by atoms with Crippen LogP contribution >= 0.6 is 0 Å². The van der Waals surface area contributed by atoms with Crippen molar-refractivity contribution in [2.24, 2.45) is 5.41 Å². The fourth-order valence-corrected chi connectivity index (χ4v) is 6.63. The smallest absolute Gasteiger partial charge is 0.335 e. The second-order valence-corrected chi connectivity index (χ2v) is 13.5. The molecule has 2 aromatic rings. The number of hydrogen-bond donors (Lipinski definition) is 3. The number of imide groups is 2. The minimum absolute atomic E-state index is 0.0513. The zero-order chi connectivity index (χ0) is 41.6. The number of nitro groups is 1. The van der Waals surface area contributed by atoms with E-state index in [1.165, 1.54) is 43.0 Å². The molecule has 2 heterocycles. The summed E-state index contributed by atoms with van der Waals surface area (Å²) in [5, 5.41) is 48.5. The van der Waals surface area contributed by atoms with E-state index in [0.717, 1.165) is 0 Å². The molecular formula is C36H48FN7O12. The quantitative estimate of drug-likeness (QED) is 0.0559. The van der Waals surface area contributed by atoms with Crippen LogP contribution in [0.2, 0.25) is 0 Å². The highest BCUT2D eigenvalue weighted by atomic mass is 19.1. The molecule has 0 aliphatic carbocycles. The maximum Gasteiger partial charge on any atom is 0.335 e. The number of carboxylic acids is 3. The molecule has 5 amide bonds. The monoisotopic (exact) mass is 789 g/mol. The van der Waals surface area contributed by atoms with Gasteiger partial charge in [0.05, 0.1) is 17.3 Å². The van der Waals surface area contributed by atoms with Crippen LogP contribution in [0.25, 0.3) is 0 Å². The molecule has 20 heteroatoms. The summed E-state index contributed by atoms with van der Waals surface area (Å²) in [6, 6.07) is 0.357. The second-order valence-electron chi connectivity index (χ2n) is 13.5. The maximum absolute atomic E-state index is 13.9. The van der Waals surface area contributed by atoms with Gasteiger partial charge < -0.3 is 20.2 Å². The number of urea groups is 1. The Bertz CT molecular complexity index is 1750. The van der Waals surface area contributed by atoms with E-state index in [1.807, 2.05) is 0 Å². The predicted molar refractivity (Wildman–Crippen MR) is 192 cm³/mol. The standard InChI is InChI=1S/C36H48FN7O12/c1-3-36(4-2)33(52)42(35(54)43(34(36)53)28(32(50)51)17-18-30(46)47)27(31(48)49)11-5-7-20-40(22-24-13-15-26(16-14-24)44(55)56)29(45)12-6-8-21-41-23-25(38-39-41)10-9-19-37/h13-16,23,27-28H,3-12,17-22H2,1-2H3,(H,46,47)(H,48,49)(H,50,51)/t27?,28-/m0/s1. The van der Waals surface area contributed by atoms with Gasteiger partial charge in [0.2, 0.25) is 17.7 Å². The minimum Gasteiger partial charge on any atom is -0.481 e. The Morgan fingerprint density at radius 3 is 2.02 bits per heavy atom. The molecule has 1 saturated heterocycles. The number of aromatic nitrogens is 3. The van der Waals surface area contributed by atoms with Gasteiger partial charge in [-0.25, -0.2) is 24.2 Å². The molecule has 0 saturated carbocycles. The second kappa shape index (κ2) is 20.7. The summed E-state index contributed by atoms with van der Waals surface area (Å²) in [6.07, 6.45) is 1.79. The lowest BCUT2D eigenvalue weighted by Gasteiger charge is -2.46. The molecule has 0 bridgehead atoms. The number of amides is 5. The Kier molecular flexibility index (Phi) is 16.5. The molecule has 1 aromatic heterocycles. The first-order valence-electron chi connectivity index (χ1n) is 18.5. The van der Waals surface area contributed by atoms with Crippen LogP contribution < -0.4 is 0 Å². The normalized spacial score (nSPS) is 15.1. The average molecular weight is 790 g/mol. The molecule has 306 valence electrons. The van der Waals surface area contributed by atoms with Crippen molar-refractivity contribution in [1.29, 1.82) is 0 Å². The van der Waals surface area contributed by atoms with Crippen LogP contribution in [-0.2, 0) is 48.3 Å². The number of alkyl halides is 1. The molecule has 1 aliphatic heterocycles. The van der Waals surface area contributed by atoms with Crippen LogP contribution in [0.4, 0.5) is 14.9 Å². The van der Waals surface area contributed by atoms with Gasteiger partial charge in [0, 0.05) is 50.8 Å². The fourth-order valence-electron chi connectivity index (χ4n) is 6.63. The Morgan fingerprint density at radius 2 is 1.48 bits per heavy atom. The Balaban J connectivity index is 1.77. The largest absolute Gasteiger partial charge is 0.481 e. The summed E-state index contributed by atoms with van der Waals surface area (Å²) in [5.74, 6) is -7.19. The number of unbranched alkanes of at least 4 members (excludes halogenated alkanes) is 2. The lowest BCUT2D eigenvalue weighted by Crippen LogP contribution is -2.70. The molecule has 1 aromatic carbocycles. The summed E-state index contributed by atoms with van der Waals surface area (Å²) in [4.78, 5) is 104. The summed E-state index contributed by atoms with van der Waals surface area (Å²) in [7, 11) is 0. The number of aryl methyl sites for hydroxylation is 2. The van der Waals surface area contributed by atoms with E-state index in [-0.39, 0.29) is 63.2 Å². The first-order valence-corrected chi connectivity index (χ1v) is 18.5. The van der Waals surface area contributed by atoms with Crippen molar-refractivity contribution in [3.05, 3.63) is 51.8 Å². The van der Waals surface area contributed by atoms with Crippen molar-refractivity contribution in [3.63, 3.8) is 0 Å². The van der Waals surface area contributed by atoms with E-state index in [2.05, 4.69) is 10.3 Å². The number of barbiturate groups is 1. The number of non-ortho nitro benzene ring substituents is 1. The van der Waals surface area contributed by atoms with Crippen molar-refractivity contribution >= 4 is 47.3 Å². The Morgan fingerprint density at radius 1 is 0.875 bits per heavy atom. The average Bonchev–Trinajstić information content (AvgIpc) is 3.62. The molecule has 2 atom stereocenters. The van der Waals surface area contributed by atoms with Gasteiger partial charge in [-0.1, -0.05) is 31.2 Å². The van der Waals surface area contributed by atoms with Crippen molar-refractivity contribution < 1.29 is 58.2 Å². The van der Waals surface area contributed by atoms with Crippen LogP contribution in [0.5, 0.6) is 0 Å². The molecule has 0 radical (unpaired) electrons. The molecule has 3 N–H and O–H groups in total. The number of nitro benzene ring substituents is 1. The highest BCUT2D eigenvalue weighted by Gasteiger charge is 2.59. The Labute approximate surface area is 321 Å². The minimum atomic E-state index is -1.98. The Hall–Kier alpha value is -5.82. The van der Waals surface area contributed by atoms with E-state index in [0.29, 0.717) is 53.3 Å². The maximum atomic E-state index is 13.9. The summed E-state index contributed by atoms with van der Waals surface area (Å²) in [5.41, 5.74) is -0.858. The van der Waals surface area contributed by atoms with Crippen LogP contribution in [-0.4, -0.2) is 117 Å². The highest BCUT2D eigenvalue weighted by molar-refractivity contribution is 6.21. The number of carbonyl (C=O) groups is 7. The van der Waals surface area contributed by atoms with Crippen LogP contribution in [0.3, 0.4) is 0 Å². The third-order valence-corrected chi connectivity index (χ3v) is 9.91. The van der Waals surface area contributed by atoms with Gasteiger partial charge in [-0.15, -0.1) is 5.10 Å². The summed E-state index contributed by atoms with van der Waals surface area (Å²) >= 11 is 0. The molecular weight excluding hydrogens is 741 g/mol. The zero-order valence-electron chi connectivity index (χ0n) is 31.4. The van der Waals surface area contributed by atoms with Crippen LogP contribution in [0, 0.1) is 15.5 Å². The summed E-state index contributed by atoms with van der Waals surface area (Å²) < 4.78 is 14.1. The zero-order valence-corrected chi connectivity index (χ0v) is 31.4. The van der Waals surface area contributed by atoms with E-state index >= 15 is 0 Å². The van der Waals surface area contributed by atoms with E-state index in [4.69, 9.17) is 5.11 Å². The van der Waals surface area contributed by atoms with Crippen LogP contribution in [0.1, 0.15) is 95.7 Å². The molecule has 1 aliphatic rings. The van der Waals surface area contributed by atoms with Gasteiger partial charge in [-0.2, -0.15) is 0 Å². The molecule has 19 nitrogen and oxygen atoms in total. The van der Waals surface area contributed by atoms with Gasteiger partial charge in [0.25, 0.3) is 5.69 Å². The van der Waals surface area contributed by atoms with E-state index < -0.39 is 77.7 Å². The SMILES string of the molecule is CCC1(CC)C(=O)N(C(CCCCN(Cc2ccc([N+](=O)[O-])cc2)C(=O)CCCCn2cc(CCCF)nn2)C(=O)O)C(=O)N([C@@H](CCC(=O)O)C(=O)O)C1=O. The van der Waals surface area contributed by atoms with Gasteiger partial charge in [-0.3, -0.25) is 38.4 Å². The number of carboxylic acid groups (broad SMARTS) is 3. The van der Waals surface area contributed by atoms with Gasteiger partial charge >= 0.3 is 23.9 Å². The fraction of sp³-hybridized carbons (Fsp3) is 0.583. The third kappa shape index (κ3) is 11.1. The number of halogens is 1. The number of aliphatic carboxylic acids is 3. The third-order valence-electron chi connectivity index (χ3n) is 9.91. The molecule has 3 rings (SSSR count). The number of carbonyl (C=O) groups excluding carboxylic acids is 4. The number of rotatable bonds is 25. The van der Waals surface area contributed by atoms with Gasteiger partial charge in [-0.05, 0) is 69.8 Å². The van der Waals surface area contributed by atoms with Crippen molar-refractivity contribution in [1.82, 2.24) is 29.7 Å². The lowest BCUT2D eigenvalue weighted by atomic mass is 9.77. The topological polar surface area (TPSA) is 264 Å². The van der Waals surface area contributed by atoms with Crippen molar-refractivity contribution in [2.75, 3.05) is 13.2 Å². The number of hydrogen-bond acceptors (Lipinski definition) is 11. The van der Waals surface area contributed by atoms with E-state index in [1.54, 1.807) is 10.9 Å². The first kappa shape index (κ1) is 44.6. The van der Waals surface area contributed by atoms with Gasteiger partial charge in [0.1, 0.15) is 17.5 Å². The highest BCUT2D eigenvalue weighted by Crippen LogP contribution is 2.39. The molecule has 1 unspecified atom stereocenters. The predicted octanol–water partition coefficient (Wildman–Crippen LogP) is 3.83. The van der Waals surface area contributed by atoms with Crippen molar-refractivity contribution in [3.8, 4) is 0 Å². The molecule has 1 fully saturated rings. The number of benzene rings is 1.